The third-order valence-corrected chi connectivity index (χ3v) is 7.88. The van der Waals surface area contributed by atoms with E-state index in [4.69, 9.17) is 0 Å². The van der Waals surface area contributed by atoms with Gasteiger partial charge in [0.15, 0.2) is 5.78 Å². The number of nitrogens with zero attached hydrogens (tertiary/aromatic N) is 2. The molecule has 4 nitrogen and oxygen atoms in total. The average molecular weight is 481 g/mol. The molecule has 2 aromatic carbocycles. The fourth-order valence-corrected chi connectivity index (χ4v) is 5.95. The summed E-state index contributed by atoms with van der Waals surface area (Å²) in [6.45, 7) is 6.42. The third-order valence-electron chi connectivity index (χ3n) is 7.88. The smallest absolute Gasteiger partial charge is 0.227 e. The van der Waals surface area contributed by atoms with Crippen molar-refractivity contribution in [2.24, 2.45) is 5.92 Å². The van der Waals surface area contributed by atoms with E-state index < -0.39 is 0 Å². The SMILES string of the molecule is Cc1cccc(CCN2CCC(CCC(=O)c3cc4c5c(c3)CCC(=O)N5CCC4)CC2)c1.Cl. The van der Waals surface area contributed by atoms with Crippen LogP contribution in [0, 0.1) is 12.8 Å². The van der Waals surface area contributed by atoms with Gasteiger partial charge in [0.05, 0.1) is 5.69 Å². The maximum Gasteiger partial charge on any atom is 0.227 e. The summed E-state index contributed by atoms with van der Waals surface area (Å²) in [4.78, 5) is 29.9. The number of carbonyl (C=O) groups excluding carboxylic acids is 2. The van der Waals surface area contributed by atoms with Gasteiger partial charge in [0.25, 0.3) is 0 Å². The van der Waals surface area contributed by atoms with Crippen LogP contribution >= 0.6 is 12.4 Å². The van der Waals surface area contributed by atoms with Crippen molar-refractivity contribution in [1.29, 1.82) is 0 Å². The largest absolute Gasteiger partial charge is 0.312 e. The molecule has 2 aromatic rings. The Morgan fingerprint density at radius 1 is 1.00 bits per heavy atom. The Kier molecular flexibility index (Phi) is 8.10. The van der Waals surface area contributed by atoms with Crippen molar-refractivity contribution in [3.63, 3.8) is 0 Å². The zero-order valence-electron chi connectivity index (χ0n) is 20.4. The van der Waals surface area contributed by atoms with Crippen LogP contribution in [0.4, 0.5) is 5.69 Å². The fraction of sp³-hybridized carbons (Fsp3) is 0.517. The minimum Gasteiger partial charge on any atom is -0.312 e. The summed E-state index contributed by atoms with van der Waals surface area (Å²) in [6.07, 6.45) is 8.50. The monoisotopic (exact) mass is 480 g/mol. The number of likely N-dealkylation sites (tertiary alicyclic amines) is 1. The molecule has 0 atom stereocenters. The average Bonchev–Trinajstić information content (AvgIpc) is 2.84. The van der Waals surface area contributed by atoms with Crippen molar-refractivity contribution in [3.05, 3.63) is 64.2 Å². The minimum atomic E-state index is 0. The molecule has 0 saturated carbocycles. The Balaban J connectivity index is 0.00000274. The van der Waals surface area contributed by atoms with Crippen molar-refractivity contribution >= 4 is 29.8 Å². The van der Waals surface area contributed by atoms with E-state index in [-0.39, 0.29) is 24.1 Å². The van der Waals surface area contributed by atoms with Crippen LogP contribution in [-0.4, -0.2) is 42.8 Å². The molecule has 0 unspecified atom stereocenters. The first kappa shape index (κ1) is 24.9. The number of aryl methyl sites for hydroxylation is 3. The Bertz CT molecular complexity index is 1030. The van der Waals surface area contributed by atoms with Gasteiger partial charge < -0.3 is 9.80 Å². The number of piperidine rings is 1. The van der Waals surface area contributed by atoms with Crippen molar-refractivity contribution in [3.8, 4) is 0 Å². The summed E-state index contributed by atoms with van der Waals surface area (Å²) < 4.78 is 0. The summed E-state index contributed by atoms with van der Waals surface area (Å²) in [5, 5.41) is 0. The zero-order chi connectivity index (χ0) is 22.8. The summed E-state index contributed by atoms with van der Waals surface area (Å²) in [5.74, 6) is 1.19. The lowest BCUT2D eigenvalue weighted by Gasteiger charge is -2.35. The van der Waals surface area contributed by atoms with Crippen LogP contribution in [0.1, 0.15) is 71.1 Å². The molecule has 5 rings (SSSR count). The number of benzene rings is 2. The predicted molar refractivity (Wildman–Crippen MR) is 140 cm³/mol. The van der Waals surface area contributed by atoms with E-state index in [0.717, 1.165) is 69.5 Å². The van der Waals surface area contributed by atoms with Crippen LogP contribution in [0.25, 0.3) is 0 Å². The Morgan fingerprint density at radius 2 is 1.76 bits per heavy atom. The van der Waals surface area contributed by atoms with Gasteiger partial charge in [0.1, 0.15) is 0 Å². The number of amides is 1. The van der Waals surface area contributed by atoms with Crippen molar-refractivity contribution in [2.45, 2.75) is 64.7 Å². The Labute approximate surface area is 210 Å². The lowest BCUT2D eigenvalue weighted by Crippen LogP contribution is -2.39. The summed E-state index contributed by atoms with van der Waals surface area (Å²) in [6, 6.07) is 13.0. The van der Waals surface area contributed by atoms with Gasteiger partial charge in [0.2, 0.25) is 5.91 Å². The zero-order valence-corrected chi connectivity index (χ0v) is 21.2. The van der Waals surface area contributed by atoms with Gasteiger partial charge in [-0.15, -0.1) is 12.4 Å². The summed E-state index contributed by atoms with van der Waals surface area (Å²) in [7, 11) is 0. The van der Waals surface area contributed by atoms with Crippen LogP contribution in [0.5, 0.6) is 0 Å². The molecule has 34 heavy (non-hydrogen) atoms. The van der Waals surface area contributed by atoms with Gasteiger partial charge >= 0.3 is 0 Å². The van der Waals surface area contributed by atoms with E-state index >= 15 is 0 Å². The number of rotatable bonds is 7. The second-order valence-electron chi connectivity index (χ2n) is 10.3. The van der Waals surface area contributed by atoms with Crippen LogP contribution in [0.15, 0.2) is 36.4 Å². The fourth-order valence-electron chi connectivity index (χ4n) is 5.95. The van der Waals surface area contributed by atoms with Gasteiger partial charge in [-0.25, -0.2) is 0 Å². The Hall–Kier alpha value is -2.17. The third kappa shape index (κ3) is 5.55. The second kappa shape index (κ2) is 11.0. The quantitative estimate of drug-likeness (QED) is 0.487. The number of anilines is 1. The van der Waals surface area contributed by atoms with E-state index in [0.29, 0.717) is 18.8 Å². The standard InChI is InChI=1S/C29H36N2O2.ClH/c1-21-4-2-5-23(18-21)13-17-30-15-11-22(12-16-30)7-9-27(32)26-19-24-6-3-14-31-28(33)10-8-25(20-26)29(24)31;/h2,4-5,18-20,22H,3,6-17H2,1H3;1H. The maximum atomic E-state index is 13.1. The highest BCUT2D eigenvalue weighted by molar-refractivity contribution is 6.01. The van der Waals surface area contributed by atoms with E-state index in [1.807, 2.05) is 4.90 Å². The maximum absolute atomic E-state index is 13.1. The normalized spacial score (nSPS) is 18.4. The summed E-state index contributed by atoms with van der Waals surface area (Å²) >= 11 is 0. The molecule has 1 saturated heterocycles. The number of hydrogen-bond donors (Lipinski definition) is 0. The van der Waals surface area contributed by atoms with Crippen LogP contribution in [0.3, 0.4) is 0 Å². The van der Waals surface area contributed by atoms with Crippen LogP contribution in [0.2, 0.25) is 0 Å². The van der Waals surface area contributed by atoms with E-state index in [9.17, 15) is 9.59 Å². The second-order valence-corrected chi connectivity index (χ2v) is 10.3. The van der Waals surface area contributed by atoms with E-state index in [2.05, 4.69) is 48.2 Å². The molecular formula is C29H37ClN2O2. The number of halogens is 1. The molecule has 0 N–H and O–H groups in total. The molecule has 3 aliphatic heterocycles. The molecule has 3 aliphatic rings. The van der Waals surface area contributed by atoms with Crippen LogP contribution < -0.4 is 4.90 Å². The summed E-state index contributed by atoms with van der Waals surface area (Å²) in [5.41, 5.74) is 7.17. The molecule has 1 fully saturated rings. The molecule has 182 valence electrons. The number of carbonyl (C=O) groups is 2. The lowest BCUT2D eigenvalue weighted by molar-refractivity contribution is -0.119. The first-order chi connectivity index (χ1) is 16.1. The first-order valence-corrected chi connectivity index (χ1v) is 12.8. The first-order valence-electron chi connectivity index (χ1n) is 12.8. The highest BCUT2D eigenvalue weighted by Gasteiger charge is 2.30. The highest BCUT2D eigenvalue weighted by Crippen LogP contribution is 2.37. The van der Waals surface area contributed by atoms with Gasteiger partial charge in [-0.3, -0.25) is 9.59 Å². The topological polar surface area (TPSA) is 40.6 Å². The van der Waals surface area contributed by atoms with E-state index in [1.165, 1.54) is 35.1 Å². The van der Waals surface area contributed by atoms with Crippen molar-refractivity contribution < 1.29 is 9.59 Å². The minimum absolute atomic E-state index is 0. The highest BCUT2D eigenvalue weighted by atomic mass is 35.5. The molecular weight excluding hydrogens is 444 g/mol. The Morgan fingerprint density at radius 3 is 2.53 bits per heavy atom. The molecule has 0 bridgehead atoms. The van der Waals surface area contributed by atoms with E-state index in [1.54, 1.807) is 0 Å². The lowest BCUT2D eigenvalue weighted by atomic mass is 9.87. The number of Topliss-reactive ketones (excluding diaryl/α,β-unsaturated/α-hetero) is 1. The number of ketones is 1. The van der Waals surface area contributed by atoms with Crippen LogP contribution in [-0.2, 0) is 24.1 Å². The van der Waals surface area contributed by atoms with Gasteiger partial charge in [-0.2, -0.15) is 0 Å². The number of hydrogen-bond acceptors (Lipinski definition) is 3. The molecule has 0 aliphatic carbocycles. The van der Waals surface area contributed by atoms with Gasteiger partial charge in [-0.1, -0.05) is 29.8 Å². The van der Waals surface area contributed by atoms with Gasteiger partial charge in [0, 0.05) is 31.5 Å². The molecule has 5 heteroatoms. The molecule has 0 spiro atoms. The molecule has 0 aromatic heterocycles. The molecule has 3 heterocycles. The van der Waals surface area contributed by atoms with Gasteiger partial charge in [-0.05, 0) is 99.7 Å². The molecule has 1 amide bonds. The predicted octanol–water partition coefficient (Wildman–Crippen LogP) is 5.56. The van der Waals surface area contributed by atoms with Crippen molar-refractivity contribution in [2.75, 3.05) is 31.1 Å². The van der Waals surface area contributed by atoms with Crippen molar-refractivity contribution in [1.82, 2.24) is 4.90 Å². The molecule has 0 radical (unpaired) electrons.